The molecule has 3 heteroatoms. The Hall–Kier alpha value is -1.22. The highest BCUT2D eigenvalue weighted by Gasteiger charge is 2.24. The zero-order valence-corrected chi connectivity index (χ0v) is 9.09. The van der Waals surface area contributed by atoms with Gasteiger partial charge in [0.2, 0.25) is 0 Å². The molecule has 0 amide bonds. The molecular formula is C12H17N3. The first-order valence-electron chi connectivity index (χ1n) is 5.71. The molecule has 3 rings (SSSR count). The number of nitrogens with one attached hydrogen (secondary N) is 2. The second-order valence-corrected chi connectivity index (χ2v) is 4.33. The molecule has 1 aromatic carbocycles. The standard InChI is InChI=1S/C12H17N3/c1-9-10-3-2-4-11-12(10)15(7-5-13-9)8-6-14-11/h2-4,9,13-14H,5-8H2,1H3. The summed E-state index contributed by atoms with van der Waals surface area (Å²) in [5.41, 5.74) is 4.15. The molecule has 1 unspecified atom stereocenters. The lowest BCUT2D eigenvalue weighted by molar-refractivity contribution is 0.593. The van der Waals surface area contributed by atoms with Gasteiger partial charge >= 0.3 is 0 Å². The molecule has 1 atom stereocenters. The van der Waals surface area contributed by atoms with Crippen LogP contribution in [-0.4, -0.2) is 26.2 Å². The summed E-state index contributed by atoms with van der Waals surface area (Å²) < 4.78 is 0. The van der Waals surface area contributed by atoms with Crippen LogP contribution in [0.2, 0.25) is 0 Å². The van der Waals surface area contributed by atoms with Gasteiger partial charge in [-0.2, -0.15) is 0 Å². The number of hydrogen-bond acceptors (Lipinski definition) is 3. The van der Waals surface area contributed by atoms with Crippen LogP contribution in [0.15, 0.2) is 18.2 Å². The fraction of sp³-hybridized carbons (Fsp3) is 0.500. The van der Waals surface area contributed by atoms with E-state index in [1.807, 2.05) is 0 Å². The van der Waals surface area contributed by atoms with Gasteiger partial charge in [0.15, 0.2) is 0 Å². The molecule has 0 saturated carbocycles. The van der Waals surface area contributed by atoms with E-state index in [0.717, 1.165) is 26.2 Å². The van der Waals surface area contributed by atoms with Gasteiger partial charge in [0, 0.05) is 32.2 Å². The number of rotatable bonds is 0. The molecule has 0 spiro atoms. The maximum absolute atomic E-state index is 3.55. The van der Waals surface area contributed by atoms with Crippen molar-refractivity contribution in [3.63, 3.8) is 0 Å². The average Bonchev–Trinajstić information content (AvgIpc) is 2.42. The van der Waals surface area contributed by atoms with Crippen LogP contribution in [0.5, 0.6) is 0 Å². The molecule has 0 bridgehead atoms. The van der Waals surface area contributed by atoms with Gasteiger partial charge in [-0.15, -0.1) is 0 Å². The van der Waals surface area contributed by atoms with Gasteiger partial charge in [-0.3, -0.25) is 0 Å². The summed E-state index contributed by atoms with van der Waals surface area (Å²) in [5, 5.41) is 7.03. The zero-order valence-electron chi connectivity index (χ0n) is 9.09. The summed E-state index contributed by atoms with van der Waals surface area (Å²) in [6.07, 6.45) is 0. The number of hydrogen-bond donors (Lipinski definition) is 2. The number of anilines is 2. The van der Waals surface area contributed by atoms with Gasteiger partial charge < -0.3 is 15.5 Å². The normalized spacial score (nSPS) is 24.1. The highest BCUT2D eigenvalue weighted by Crippen LogP contribution is 2.36. The molecule has 15 heavy (non-hydrogen) atoms. The van der Waals surface area contributed by atoms with Crippen molar-refractivity contribution in [2.45, 2.75) is 13.0 Å². The Labute approximate surface area is 90.5 Å². The number of nitrogens with zero attached hydrogens (tertiary/aromatic N) is 1. The Morgan fingerprint density at radius 2 is 2.13 bits per heavy atom. The molecule has 2 aliphatic heterocycles. The topological polar surface area (TPSA) is 27.3 Å². The van der Waals surface area contributed by atoms with Crippen LogP contribution in [0.25, 0.3) is 0 Å². The van der Waals surface area contributed by atoms with Crippen LogP contribution in [-0.2, 0) is 0 Å². The fourth-order valence-corrected chi connectivity index (χ4v) is 2.59. The van der Waals surface area contributed by atoms with Crippen molar-refractivity contribution in [2.24, 2.45) is 0 Å². The van der Waals surface area contributed by atoms with E-state index in [2.05, 4.69) is 40.7 Å². The van der Waals surface area contributed by atoms with Crippen LogP contribution in [0.3, 0.4) is 0 Å². The minimum Gasteiger partial charge on any atom is -0.382 e. The van der Waals surface area contributed by atoms with Gasteiger partial charge in [0.25, 0.3) is 0 Å². The molecule has 3 nitrogen and oxygen atoms in total. The molecule has 2 aliphatic rings. The van der Waals surface area contributed by atoms with E-state index in [9.17, 15) is 0 Å². The maximum Gasteiger partial charge on any atom is 0.0651 e. The van der Waals surface area contributed by atoms with Gasteiger partial charge in [0.1, 0.15) is 0 Å². The molecule has 0 saturated heterocycles. The second-order valence-electron chi connectivity index (χ2n) is 4.33. The van der Waals surface area contributed by atoms with Gasteiger partial charge in [-0.1, -0.05) is 12.1 Å². The molecule has 80 valence electrons. The van der Waals surface area contributed by atoms with Crippen LogP contribution in [0.4, 0.5) is 11.4 Å². The summed E-state index contributed by atoms with van der Waals surface area (Å²) in [6.45, 7) is 6.63. The summed E-state index contributed by atoms with van der Waals surface area (Å²) in [7, 11) is 0. The van der Waals surface area contributed by atoms with E-state index in [1.54, 1.807) is 0 Å². The van der Waals surface area contributed by atoms with Crippen molar-refractivity contribution in [3.8, 4) is 0 Å². The summed E-state index contributed by atoms with van der Waals surface area (Å²) >= 11 is 0. The van der Waals surface area contributed by atoms with Crippen LogP contribution < -0.4 is 15.5 Å². The molecular weight excluding hydrogens is 186 g/mol. The van der Waals surface area contributed by atoms with E-state index in [4.69, 9.17) is 0 Å². The molecule has 2 N–H and O–H groups in total. The highest BCUT2D eigenvalue weighted by atomic mass is 15.2. The summed E-state index contributed by atoms with van der Waals surface area (Å²) in [5.74, 6) is 0. The minimum absolute atomic E-state index is 0.463. The summed E-state index contributed by atoms with van der Waals surface area (Å²) in [6, 6.07) is 7.03. The summed E-state index contributed by atoms with van der Waals surface area (Å²) in [4.78, 5) is 2.50. The number of benzene rings is 1. The smallest absolute Gasteiger partial charge is 0.0651 e. The van der Waals surface area contributed by atoms with Crippen LogP contribution in [0.1, 0.15) is 18.5 Å². The third-order valence-electron chi connectivity index (χ3n) is 3.38. The average molecular weight is 203 g/mol. The van der Waals surface area contributed by atoms with E-state index >= 15 is 0 Å². The van der Waals surface area contributed by atoms with Gasteiger partial charge in [-0.25, -0.2) is 0 Å². The van der Waals surface area contributed by atoms with E-state index < -0.39 is 0 Å². The predicted molar refractivity (Wildman–Crippen MR) is 63.6 cm³/mol. The quantitative estimate of drug-likeness (QED) is 0.670. The van der Waals surface area contributed by atoms with Crippen molar-refractivity contribution in [1.29, 1.82) is 0 Å². The molecule has 0 radical (unpaired) electrons. The van der Waals surface area contributed by atoms with E-state index in [-0.39, 0.29) is 0 Å². The number of para-hydroxylation sites is 1. The Kier molecular flexibility index (Phi) is 2.06. The lowest BCUT2D eigenvalue weighted by Gasteiger charge is -2.32. The van der Waals surface area contributed by atoms with Gasteiger partial charge in [-0.05, 0) is 18.6 Å². The SMILES string of the molecule is CC1NCCN2CCNc3cccc1c32. The monoisotopic (exact) mass is 203 g/mol. The van der Waals surface area contributed by atoms with Crippen molar-refractivity contribution in [3.05, 3.63) is 23.8 Å². The van der Waals surface area contributed by atoms with Crippen molar-refractivity contribution < 1.29 is 0 Å². The minimum atomic E-state index is 0.463. The highest BCUT2D eigenvalue weighted by molar-refractivity contribution is 5.76. The van der Waals surface area contributed by atoms with Crippen LogP contribution >= 0.6 is 0 Å². The van der Waals surface area contributed by atoms with Crippen LogP contribution in [0, 0.1) is 0 Å². The Morgan fingerprint density at radius 3 is 3.07 bits per heavy atom. The Bertz CT molecular complexity index is 375. The maximum atomic E-state index is 3.55. The fourth-order valence-electron chi connectivity index (χ4n) is 2.59. The molecule has 2 heterocycles. The van der Waals surface area contributed by atoms with Crippen molar-refractivity contribution in [1.82, 2.24) is 5.32 Å². The second kappa shape index (κ2) is 3.42. The third kappa shape index (κ3) is 1.38. The van der Waals surface area contributed by atoms with E-state index in [0.29, 0.717) is 6.04 Å². The lowest BCUT2D eigenvalue weighted by atomic mass is 10.0. The predicted octanol–water partition coefficient (Wildman–Crippen LogP) is 1.58. The molecule has 0 aromatic heterocycles. The lowest BCUT2D eigenvalue weighted by Crippen LogP contribution is -2.36. The first-order chi connectivity index (χ1) is 7.36. The first-order valence-corrected chi connectivity index (χ1v) is 5.71. The van der Waals surface area contributed by atoms with Gasteiger partial charge in [0.05, 0.1) is 11.4 Å². The Balaban J connectivity index is 2.16. The first kappa shape index (κ1) is 9.04. The molecule has 1 aromatic rings. The molecule has 0 aliphatic carbocycles. The van der Waals surface area contributed by atoms with E-state index in [1.165, 1.54) is 16.9 Å². The van der Waals surface area contributed by atoms with Crippen molar-refractivity contribution in [2.75, 3.05) is 36.4 Å². The third-order valence-corrected chi connectivity index (χ3v) is 3.38. The zero-order chi connectivity index (χ0) is 10.3. The molecule has 0 fully saturated rings. The van der Waals surface area contributed by atoms with Crippen molar-refractivity contribution >= 4 is 11.4 Å². The largest absolute Gasteiger partial charge is 0.382 e. The Morgan fingerprint density at radius 1 is 1.27 bits per heavy atom.